The number of carboxylic acid groups (broad SMARTS) is 2. The number of H-pyrrole nitrogens is 1. The highest BCUT2D eigenvalue weighted by Gasteiger charge is 2.31. The second-order valence-corrected chi connectivity index (χ2v) is 11.1. The highest BCUT2D eigenvalue weighted by Crippen LogP contribution is 2.19. The molecular weight excluding hydrogens is 574 g/mol. The van der Waals surface area contributed by atoms with Crippen LogP contribution in [-0.2, 0) is 36.8 Å². The largest absolute Gasteiger partial charge is 0.481 e. The van der Waals surface area contributed by atoms with Gasteiger partial charge in [0.1, 0.15) is 18.1 Å². The summed E-state index contributed by atoms with van der Waals surface area (Å²) in [6.45, 7) is 0. The highest BCUT2D eigenvalue weighted by molar-refractivity contribution is 7.98. The second kappa shape index (κ2) is 16.3. The van der Waals surface area contributed by atoms with Gasteiger partial charge in [0, 0.05) is 36.4 Å². The van der Waals surface area contributed by atoms with Gasteiger partial charge in [0.2, 0.25) is 17.7 Å². The summed E-state index contributed by atoms with van der Waals surface area (Å²) in [5.74, 6) is -3.94. The molecule has 0 aliphatic heterocycles. The van der Waals surface area contributed by atoms with Gasteiger partial charge in [-0.2, -0.15) is 11.8 Å². The van der Waals surface area contributed by atoms with E-state index >= 15 is 0 Å². The minimum Gasteiger partial charge on any atom is -0.481 e. The van der Waals surface area contributed by atoms with Gasteiger partial charge in [-0.15, -0.1) is 0 Å². The van der Waals surface area contributed by atoms with Crippen LogP contribution in [0.4, 0.5) is 0 Å². The summed E-state index contributed by atoms with van der Waals surface area (Å²) in [6.07, 6.45) is 3.35. The standard InChI is InChI=1S/C30H37N5O7S/c1-43-14-13-21(31)27(38)34-25(16-19-17-32-22-10-6-5-9-20(19)22)29(40)35-24(15-18-7-3-2-4-8-18)28(39)33-23(30(41)42)11-12-26(36)37/h2-10,17,21,23-25,32H,11-16,31H2,1H3,(H,33,39)(H,34,38)(H,35,40)(H,36,37)(H,41,42). The average molecular weight is 612 g/mol. The van der Waals surface area contributed by atoms with Crippen LogP contribution in [0.15, 0.2) is 60.8 Å². The molecule has 43 heavy (non-hydrogen) atoms. The van der Waals surface area contributed by atoms with Crippen molar-refractivity contribution >= 4 is 52.3 Å². The van der Waals surface area contributed by atoms with Crippen LogP contribution in [0.2, 0.25) is 0 Å². The summed E-state index contributed by atoms with van der Waals surface area (Å²) in [4.78, 5) is 66.0. The molecule has 3 aromatic rings. The van der Waals surface area contributed by atoms with E-state index in [1.165, 1.54) is 11.8 Å². The molecule has 0 saturated heterocycles. The molecule has 1 aromatic heterocycles. The van der Waals surface area contributed by atoms with Crippen molar-refractivity contribution < 1.29 is 34.2 Å². The molecule has 0 aliphatic rings. The first-order chi connectivity index (χ1) is 20.6. The lowest BCUT2D eigenvalue weighted by Gasteiger charge is -2.25. The van der Waals surface area contributed by atoms with E-state index in [9.17, 15) is 29.1 Å². The van der Waals surface area contributed by atoms with Gasteiger partial charge < -0.3 is 36.9 Å². The molecule has 4 unspecified atom stereocenters. The molecule has 1 heterocycles. The zero-order valence-electron chi connectivity index (χ0n) is 23.7. The van der Waals surface area contributed by atoms with E-state index in [1.807, 2.05) is 30.5 Å². The van der Waals surface area contributed by atoms with Crippen molar-refractivity contribution in [2.45, 2.75) is 56.3 Å². The average Bonchev–Trinajstić information content (AvgIpc) is 3.40. The Hall–Kier alpha value is -4.36. The Balaban J connectivity index is 1.87. The van der Waals surface area contributed by atoms with E-state index < -0.39 is 60.2 Å². The number of fused-ring (bicyclic) bond motifs is 1. The van der Waals surface area contributed by atoms with E-state index in [0.717, 1.165) is 16.5 Å². The summed E-state index contributed by atoms with van der Waals surface area (Å²) in [7, 11) is 0. The first-order valence-electron chi connectivity index (χ1n) is 13.8. The van der Waals surface area contributed by atoms with E-state index in [2.05, 4.69) is 20.9 Å². The molecule has 13 heteroatoms. The Morgan fingerprint density at radius 2 is 1.42 bits per heavy atom. The maximum absolute atomic E-state index is 13.8. The van der Waals surface area contributed by atoms with Gasteiger partial charge in [-0.05, 0) is 42.0 Å². The third kappa shape index (κ3) is 10.1. The zero-order valence-corrected chi connectivity index (χ0v) is 24.6. The smallest absolute Gasteiger partial charge is 0.326 e. The highest BCUT2D eigenvalue weighted by atomic mass is 32.2. The Morgan fingerprint density at radius 3 is 2.07 bits per heavy atom. The summed E-state index contributed by atoms with van der Waals surface area (Å²) in [5, 5.41) is 27.2. The van der Waals surface area contributed by atoms with E-state index in [-0.39, 0.29) is 19.3 Å². The molecule has 2 aromatic carbocycles. The Morgan fingerprint density at radius 1 is 0.814 bits per heavy atom. The van der Waals surface area contributed by atoms with Gasteiger partial charge in [0.25, 0.3) is 0 Å². The summed E-state index contributed by atoms with van der Waals surface area (Å²) >= 11 is 1.54. The maximum Gasteiger partial charge on any atom is 0.326 e. The number of benzene rings is 2. The fourth-order valence-electron chi connectivity index (χ4n) is 4.51. The predicted molar refractivity (Wildman–Crippen MR) is 163 cm³/mol. The predicted octanol–water partition coefficient (Wildman–Crippen LogP) is 1.44. The molecule has 0 saturated carbocycles. The molecule has 4 atom stereocenters. The minimum absolute atomic E-state index is 0.0185. The van der Waals surface area contributed by atoms with E-state index in [1.54, 1.807) is 36.5 Å². The van der Waals surface area contributed by atoms with Crippen molar-refractivity contribution in [1.29, 1.82) is 0 Å². The van der Waals surface area contributed by atoms with Crippen LogP contribution in [0.5, 0.6) is 0 Å². The van der Waals surface area contributed by atoms with E-state index in [0.29, 0.717) is 17.7 Å². The first kappa shape index (κ1) is 33.1. The molecule has 8 N–H and O–H groups in total. The number of aliphatic carboxylic acids is 2. The molecule has 0 bridgehead atoms. The second-order valence-electron chi connectivity index (χ2n) is 10.1. The molecule has 3 rings (SSSR count). The molecule has 0 fully saturated rings. The Kier molecular flexibility index (Phi) is 12.6. The van der Waals surface area contributed by atoms with Gasteiger partial charge in [-0.1, -0.05) is 48.5 Å². The van der Waals surface area contributed by atoms with E-state index in [4.69, 9.17) is 10.8 Å². The van der Waals surface area contributed by atoms with Crippen molar-refractivity contribution in [2.24, 2.45) is 5.73 Å². The first-order valence-corrected chi connectivity index (χ1v) is 15.2. The van der Waals surface area contributed by atoms with Crippen LogP contribution in [0.1, 0.15) is 30.4 Å². The van der Waals surface area contributed by atoms with Crippen LogP contribution in [0.25, 0.3) is 10.9 Å². The third-order valence-electron chi connectivity index (χ3n) is 6.88. The number of hydrogen-bond acceptors (Lipinski definition) is 7. The number of amides is 3. The van der Waals surface area contributed by atoms with Crippen molar-refractivity contribution in [3.05, 3.63) is 71.9 Å². The fourth-order valence-corrected chi connectivity index (χ4v) is 5.00. The Bertz CT molecular complexity index is 1410. The molecule has 12 nitrogen and oxygen atoms in total. The third-order valence-corrected chi connectivity index (χ3v) is 7.52. The maximum atomic E-state index is 13.8. The number of thioether (sulfide) groups is 1. The lowest BCUT2D eigenvalue weighted by molar-refractivity contribution is -0.143. The lowest BCUT2D eigenvalue weighted by Crippen LogP contribution is -2.58. The quantitative estimate of drug-likeness (QED) is 0.118. The van der Waals surface area contributed by atoms with Gasteiger partial charge in [0.15, 0.2) is 0 Å². The van der Waals surface area contributed by atoms with Crippen molar-refractivity contribution in [3.8, 4) is 0 Å². The topological polar surface area (TPSA) is 204 Å². The number of carbonyl (C=O) groups is 5. The number of hydrogen-bond donors (Lipinski definition) is 7. The van der Waals surface area contributed by atoms with Crippen LogP contribution in [0.3, 0.4) is 0 Å². The summed E-state index contributed by atoms with van der Waals surface area (Å²) < 4.78 is 0. The van der Waals surface area contributed by atoms with Crippen LogP contribution in [0, 0.1) is 0 Å². The van der Waals surface area contributed by atoms with Crippen molar-refractivity contribution in [3.63, 3.8) is 0 Å². The Labute approximate surface area is 253 Å². The van der Waals surface area contributed by atoms with Gasteiger partial charge >= 0.3 is 11.9 Å². The molecule has 0 spiro atoms. The molecule has 0 aliphatic carbocycles. The molecular formula is C30H37N5O7S. The SMILES string of the molecule is CSCCC(N)C(=O)NC(Cc1c[nH]c2ccccc12)C(=O)NC(Cc1ccccc1)C(=O)NC(CCC(=O)O)C(=O)O. The van der Waals surface area contributed by atoms with Crippen molar-refractivity contribution in [1.82, 2.24) is 20.9 Å². The molecule has 3 amide bonds. The number of aromatic nitrogens is 1. The summed E-state index contributed by atoms with van der Waals surface area (Å²) in [5.41, 5.74) is 8.38. The molecule has 230 valence electrons. The number of nitrogens with one attached hydrogen (secondary N) is 4. The monoisotopic (exact) mass is 611 g/mol. The van der Waals surface area contributed by atoms with Crippen LogP contribution in [-0.4, -0.2) is 81.0 Å². The number of carboxylic acids is 2. The number of rotatable bonds is 17. The van der Waals surface area contributed by atoms with Crippen molar-refractivity contribution in [2.75, 3.05) is 12.0 Å². The number of aromatic amines is 1. The normalized spacial score (nSPS) is 13.8. The molecule has 0 radical (unpaired) electrons. The van der Waals surface area contributed by atoms with Crippen LogP contribution >= 0.6 is 11.8 Å². The zero-order chi connectivity index (χ0) is 31.4. The van der Waals surface area contributed by atoms with Gasteiger partial charge in [0.05, 0.1) is 6.04 Å². The number of carbonyl (C=O) groups excluding carboxylic acids is 3. The van der Waals surface area contributed by atoms with Crippen LogP contribution < -0.4 is 21.7 Å². The number of para-hydroxylation sites is 1. The fraction of sp³-hybridized carbons (Fsp3) is 0.367. The van der Waals surface area contributed by atoms with Gasteiger partial charge in [-0.3, -0.25) is 19.2 Å². The lowest BCUT2D eigenvalue weighted by atomic mass is 10.0. The number of nitrogens with two attached hydrogens (primary N) is 1. The summed E-state index contributed by atoms with van der Waals surface area (Å²) in [6, 6.07) is 11.6. The minimum atomic E-state index is -1.48. The van der Waals surface area contributed by atoms with Gasteiger partial charge in [-0.25, -0.2) is 4.79 Å².